The van der Waals surface area contributed by atoms with Crippen molar-refractivity contribution in [2.24, 2.45) is 11.8 Å². The second kappa shape index (κ2) is 27.9. The second-order valence-corrected chi connectivity index (χ2v) is 15.6. The van der Waals surface area contributed by atoms with Gasteiger partial charge in [0.05, 0.1) is 26.1 Å². The van der Waals surface area contributed by atoms with E-state index in [0.717, 1.165) is 11.1 Å². The Morgan fingerprint density at radius 1 is 0.742 bits per heavy atom. The monoisotopic (exact) mass is 867 g/mol. The Bertz CT molecular complexity index is 1780. The van der Waals surface area contributed by atoms with Gasteiger partial charge < -0.3 is 62.5 Å². The predicted octanol–water partition coefficient (Wildman–Crippen LogP) is 1.77. The van der Waals surface area contributed by atoms with Crippen molar-refractivity contribution in [3.63, 3.8) is 0 Å². The molecule has 19 nitrogen and oxygen atoms in total. The molecule has 0 saturated carbocycles. The first-order valence-corrected chi connectivity index (χ1v) is 20.5. The number of ether oxygens (including phenoxy) is 1. The van der Waals surface area contributed by atoms with Gasteiger partial charge in [0.1, 0.15) is 36.3 Å². The van der Waals surface area contributed by atoms with Crippen molar-refractivity contribution in [1.29, 1.82) is 0 Å². The van der Waals surface area contributed by atoms with Crippen LogP contribution in [0.1, 0.15) is 70.2 Å². The van der Waals surface area contributed by atoms with Crippen molar-refractivity contribution in [1.82, 2.24) is 36.6 Å². The highest BCUT2D eigenvalue weighted by atomic mass is 16.5. The molecule has 0 saturated heterocycles. The molecular formula is C43H63N8O11-. The Morgan fingerprint density at radius 3 is 1.79 bits per heavy atom. The molecule has 0 aliphatic carbocycles. The van der Waals surface area contributed by atoms with Crippen LogP contribution < -0.4 is 26.6 Å². The lowest BCUT2D eigenvalue weighted by Gasteiger charge is -2.28. The van der Waals surface area contributed by atoms with Crippen molar-refractivity contribution in [2.75, 3.05) is 26.4 Å². The van der Waals surface area contributed by atoms with E-state index >= 15 is 0 Å². The molecule has 3 aromatic rings. The molecule has 0 aliphatic rings. The summed E-state index contributed by atoms with van der Waals surface area (Å²) in [5, 5.41) is 49.4. The molecule has 4 atom stereocenters. The van der Waals surface area contributed by atoms with Crippen LogP contribution in [0.15, 0.2) is 73.2 Å². The van der Waals surface area contributed by atoms with Gasteiger partial charge in [0.15, 0.2) is 0 Å². The van der Waals surface area contributed by atoms with Gasteiger partial charge in [-0.2, -0.15) is 6.54 Å². The molecule has 342 valence electrons. The van der Waals surface area contributed by atoms with Gasteiger partial charge in [-0.05, 0) is 35.8 Å². The maximum atomic E-state index is 13.8. The van der Waals surface area contributed by atoms with Crippen LogP contribution in [-0.4, -0.2) is 122 Å². The van der Waals surface area contributed by atoms with E-state index in [1.807, 2.05) is 50.2 Å². The molecule has 1 heterocycles. The number of hydrogen-bond acceptors (Lipinski definition) is 11. The van der Waals surface area contributed by atoms with Crippen molar-refractivity contribution in [3.05, 3.63) is 95.7 Å². The number of amides is 5. The number of nitrogens with one attached hydrogen (secondary N) is 7. The molecule has 62 heavy (non-hydrogen) atoms. The van der Waals surface area contributed by atoms with Gasteiger partial charge in [-0.25, -0.2) is 14.6 Å². The SMILES string of the molecule is CC(C)C[C@H](NC(=O)[C@H](Cc1cnc[nH]1)NC(=O)[C@H](Cc1ccccc1)NC(=O)OCc1ccccc1)C(=O)N[C@H](C(=O)O)C(C)C.[NH-]CCCCC(=O)NC(CO)(CO)CO. The Morgan fingerprint density at radius 2 is 1.29 bits per heavy atom. The molecule has 0 fully saturated rings. The summed E-state index contributed by atoms with van der Waals surface area (Å²) >= 11 is 0. The van der Waals surface area contributed by atoms with E-state index in [1.165, 1.54) is 12.5 Å². The number of benzene rings is 2. The number of rotatable bonds is 25. The molecule has 0 aliphatic heterocycles. The Kier molecular flexibility index (Phi) is 23.5. The number of aliphatic carboxylic acids is 1. The van der Waals surface area contributed by atoms with E-state index in [2.05, 4.69) is 36.6 Å². The summed E-state index contributed by atoms with van der Waals surface area (Å²) in [4.78, 5) is 83.5. The highest BCUT2D eigenvalue weighted by molar-refractivity contribution is 5.95. The van der Waals surface area contributed by atoms with Crippen LogP contribution in [0.2, 0.25) is 0 Å². The van der Waals surface area contributed by atoms with Gasteiger partial charge in [0.25, 0.3) is 0 Å². The van der Waals surface area contributed by atoms with Gasteiger partial charge in [-0.1, -0.05) is 94.8 Å². The number of H-pyrrole nitrogens is 1. The molecule has 1 aromatic heterocycles. The lowest BCUT2D eigenvalue weighted by atomic mass is 9.99. The molecular weight excluding hydrogens is 805 g/mol. The average Bonchev–Trinajstić information content (AvgIpc) is 3.77. The molecule has 5 amide bonds. The number of alkyl carbamates (subject to hydrolysis) is 1. The predicted molar refractivity (Wildman–Crippen MR) is 229 cm³/mol. The summed E-state index contributed by atoms with van der Waals surface area (Å²) in [6, 6.07) is 13.6. The molecule has 11 N–H and O–H groups in total. The minimum absolute atomic E-state index is 0.00392. The summed E-state index contributed by atoms with van der Waals surface area (Å²) in [5.74, 6) is -3.92. The van der Waals surface area contributed by atoms with E-state index in [1.54, 1.807) is 38.1 Å². The summed E-state index contributed by atoms with van der Waals surface area (Å²) in [7, 11) is 0. The maximum Gasteiger partial charge on any atom is 0.408 e. The fourth-order valence-electron chi connectivity index (χ4n) is 5.84. The fourth-order valence-corrected chi connectivity index (χ4v) is 5.84. The third-order valence-corrected chi connectivity index (χ3v) is 9.43. The number of aromatic amines is 1. The standard InChI is InChI=1S/C34H44N6O7.C9H19N2O4/c1-21(2)15-26(32(43)40-29(22(3)4)33(44)45)37-31(42)28(17-25-18-35-20-36-25)38-30(41)27(16-23-11-7-5-8-12-23)39-34(46)47-19-24-13-9-6-10-14-24;10-4-2-1-3-8(15)11-9(5-12,6-13)7-14/h5-14,18,20-22,26-29H,15-17,19H2,1-4H3,(H,35,36)(H,37,42)(H,38,41)(H,39,46)(H,40,43)(H,44,45);10,12-14H,1-7H2,(H,11,15)/q;-1/t26-,27-,28-,29-;/m0./s1. The van der Waals surface area contributed by atoms with Crippen LogP contribution in [0.25, 0.3) is 5.73 Å². The van der Waals surface area contributed by atoms with Crippen LogP contribution in [-0.2, 0) is 48.2 Å². The quantitative estimate of drug-likeness (QED) is 0.0545. The number of aliphatic hydroxyl groups excluding tert-OH is 3. The number of carboxylic acid groups (broad SMARTS) is 1. The summed E-state index contributed by atoms with van der Waals surface area (Å²) in [5.41, 5.74) is 7.62. The lowest BCUT2D eigenvalue weighted by molar-refractivity contribution is -0.143. The van der Waals surface area contributed by atoms with Crippen LogP contribution >= 0.6 is 0 Å². The van der Waals surface area contributed by atoms with Gasteiger partial charge in [0, 0.05) is 31.2 Å². The fraction of sp³-hybridized carbons (Fsp3) is 0.512. The van der Waals surface area contributed by atoms with Gasteiger partial charge in [0.2, 0.25) is 23.6 Å². The van der Waals surface area contributed by atoms with Crippen LogP contribution in [0.5, 0.6) is 0 Å². The van der Waals surface area contributed by atoms with Crippen molar-refractivity contribution in [3.8, 4) is 0 Å². The van der Waals surface area contributed by atoms with E-state index in [4.69, 9.17) is 25.8 Å². The van der Waals surface area contributed by atoms with Gasteiger partial charge in [-0.15, -0.1) is 0 Å². The topological polar surface area (TPSA) is 305 Å². The largest absolute Gasteiger partial charge is 0.677 e. The first-order chi connectivity index (χ1) is 29.6. The number of carbonyl (C=O) groups is 6. The summed E-state index contributed by atoms with van der Waals surface area (Å²) in [6.07, 6.45) is 3.91. The van der Waals surface area contributed by atoms with Gasteiger partial charge >= 0.3 is 12.1 Å². The number of aliphatic hydroxyl groups is 3. The van der Waals surface area contributed by atoms with Crippen molar-refractivity contribution < 1.29 is 53.9 Å². The average molecular weight is 868 g/mol. The molecule has 19 heteroatoms. The van der Waals surface area contributed by atoms with Crippen LogP contribution in [0.4, 0.5) is 4.79 Å². The van der Waals surface area contributed by atoms with Gasteiger partial charge in [-0.3, -0.25) is 19.2 Å². The zero-order chi connectivity index (χ0) is 46.1. The number of aromatic nitrogens is 2. The molecule has 2 aromatic carbocycles. The normalized spacial score (nSPS) is 13.1. The Labute approximate surface area is 362 Å². The van der Waals surface area contributed by atoms with E-state index in [-0.39, 0.29) is 50.7 Å². The van der Waals surface area contributed by atoms with E-state index < -0.39 is 85.2 Å². The first-order valence-electron chi connectivity index (χ1n) is 20.5. The second-order valence-electron chi connectivity index (χ2n) is 15.6. The Hall–Kier alpha value is -5.89. The molecule has 0 unspecified atom stereocenters. The van der Waals surface area contributed by atoms with Crippen LogP contribution in [0.3, 0.4) is 0 Å². The number of imidazole rings is 1. The first kappa shape index (κ1) is 52.2. The third kappa shape index (κ3) is 19.2. The Balaban J connectivity index is 0.000000749. The van der Waals surface area contributed by atoms with Crippen molar-refractivity contribution in [2.45, 2.75) is 103 Å². The number of hydrogen-bond donors (Lipinski definition) is 10. The minimum atomic E-state index is -1.34. The molecule has 0 spiro atoms. The number of unbranched alkanes of at least 4 members (excludes halogenated alkanes) is 1. The zero-order valence-electron chi connectivity index (χ0n) is 35.8. The smallest absolute Gasteiger partial charge is 0.408 e. The minimum Gasteiger partial charge on any atom is -0.677 e. The molecule has 0 bridgehead atoms. The molecule has 0 radical (unpaired) electrons. The number of nitrogens with zero attached hydrogens (tertiary/aromatic N) is 1. The third-order valence-electron chi connectivity index (χ3n) is 9.43. The lowest BCUT2D eigenvalue weighted by Crippen LogP contribution is -2.59. The van der Waals surface area contributed by atoms with Crippen LogP contribution in [0, 0.1) is 11.8 Å². The van der Waals surface area contributed by atoms with E-state index in [0.29, 0.717) is 18.5 Å². The maximum absolute atomic E-state index is 13.8. The summed E-state index contributed by atoms with van der Waals surface area (Å²) in [6.45, 7) is 5.81. The number of carboxylic acids is 1. The highest BCUT2D eigenvalue weighted by Crippen LogP contribution is 2.11. The number of carbonyl (C=O) groups excluding carboxylic acids is 5. The van der Waals surface area contributed by atoms with Crippen molar-refractivity contribution >= 4 is 35.7 Å². The zero-order valence-corrected chi connectivity index (χ0v) is 35.8. The van der Waals surface area contributed by atoms with E-state index in [9.17, 15) is 33.9 Å². The molecule has 3 rings (SSSR count). The summed E-state index contributed by atoms with van der Waals surface area (Å²) < 4.78 is 5.36. The highest BCUT2D eigenvalue weighted by Gasteiger charge is 2.33.